The van der Waals surface area contributed by atoms with Gasteiger partial charge in [-0.15, -0.1) is 0 Å². The number of fused-ring (bicyclic) bond motifs is 1. The predicted molar refractivity (Wildman–Crippen MR) is 83.3 cm³/mol. The number of hydrogen-bond acceptors (Lipinski definition) is 6. The number of hydrogen-bond donors (Lipinski definition) is 3. The lowest BCUT2D eigenvalue weighted by atomic mass is 10.4. The second kappa shape index (κ2) is 5.76. The summed E-state index contributed by atoms with van der Waals surface area (Å²) in [7, 11) is 1.52. The summed E-state index contributed by atoms with van der Waals surface area (Å²) in [6.07, 6.45) is 0.873. The third kappa shape index (κ3) is 2.78. The van der Waals surface area contributed by atoms with Gasteiger partial charge < -0.3 is 19.4 Å². The summed E-state index contributed by atoms with van der Waals surface area (Å²) < 4.78 is 8.06. The highest BCUT2D eigenvalue weighted by molar-refractivity contribution is 5.74. The molecule has 0 radical (unpaired) electrons. The Labute approximate surface area is 130 Å². The average molecular weight is 319 g/mol. The van der Waals surface area contributed by atoms with E-state index >= 15 is 0 Å². The van der Waals surface area contributed by atoms with E-state index in [0.29, 0.717) is 18.3 Å². The van der Waals surface area contributed by atoms with Gasteiger partial charge in [0.2, 0.25) is 5.95 Å². The number of aliphatic hydroxyl groups is 1. The van der Waals surface area contributed by atoms with Crippen molar-refractivity contribution in [1.29, 1.82) is 0 Å². The number of aliphatic hydroxyl groups excluding tert-OH is 1. The zero-order chi connectivity index (χ0) is 16.6. The molecule has 3 heterocycles. The van der Waals surface area contributed by atoms with Gasteiger partial charge >= 0.3 is 5.69 Å². The van der Waals surface area contributed by atoms with Crippen LogP contribution in [0.4, 0.5) is 5.95 Å². The van der Waals surface area contributed by atoms with Crippen molar-refractivity contribution < 1.29 is 9.52 Å². The zero-order valence-corrected chi connectivity index (χ0v) is 12.7. The van der Waals surface area contributed by atoms with E-state index in [-0.39, 0.29) is 17.7 Å². The summed E-state index contributed by atoms with van der Waals surface area (Å²) in [5.74, 6) is 1.08. The molecule has 0 aliphatic carbocycles. The van der Waals surface area contributed by atoms with Crippen molar-refractivity contribution >= 4 is 17.1 Å². The minimum absolute atomic E-state index is 0.165. The van der Waals surface area contributed by atoms with Crippen LogP contribution in [0.25, 0.3) is 11.2 Å². The van der Waals surface area contributed by atoms with Crippen molar-refractivity contribution in [2.75, 3.05) is 5.32 Å². The van der Waals surface area contributed by atoms with Crippen molar-refractivity contribution in [3.63, 3.8) is 0 Å². The maximum Gasteiger partial charge on any atom is 0.329 e. The standard InChI is InChI=1S/C14H17N5O4/c1-8(20)7-19-10-11(18(2)14(22)17-12(10)21)16-13(19)15-6-9-4-3-5-23-9/h3-5,8,20H,6-7H2,1-2H3,(H,15,16)(H,17,21,22)/t8-/m1/s1. The van der Waals surface area contributed by atoms with Crippen LogP contribution >= 0.6 is 0 Å². The zero-order valence-electron chi connectivity index (χ0n) is 12.7. The molecule has 3 aromatic rings. The van der Waals surface area contributed by atoms with Gasteiger partial charge in [-0.2, -0.15) is 4.98 Å². The smallest absolute Gasteiger partial charge is 0.329 e. The number of rotatable bonds is 5. The Morgan fingerprint density at radius 1 is 1.48 bits per heavy atom. The Morgan fingerprint density at radius 2 is 2.26 bits per heavy atom. The van der Waals surface area contributed by atoms with Gasteiger partial charge in [0, 0.05) is 7.05 Å². The van der Waals surface area contributed by atoms with E-state index in [2.05, 4.69) is 15.3 Å². The number of imidazole rings is 1. The lowest BCUT2D eigenvalue weighted by Crippen LogP contribution is -2.29. The molecular formula is C14H17N5O4. The van der Waals surface area contributed by atoms with Gasteiger partial charge in [-0.05, 0) is 19.1 Å². The van der Waals surface area contributed by atoms with Gasteiger partial charge in [-0.3, -0.25) is 14.3 Å². The first-order valence-corrected chi connectivity index (χ1v) is 7.11. The first-order chi connectivity index (χ1) is 11.0. The molecule has 0 saturated carbocycles. The molecule has 0 amide bonds. The minimum atomic E-state index is -0.687. The van der Waals surface area contributed by atoms with E-state index in [1.807, 2.05) is 0 Å². The Kier molecular flexibility index (Phi) is 3.78. The third-order valence-electron chi connectivity index (χ3n) is 3.45. The van der Waals surface area contributed by atoms with Crippen molar-refractivity contribution in [2.24, 2.45) is 7.05 Å². The molecular weight excluding hydrogens is 302 g/mol. The molecule has 9 heteroatoms. The Morgan fingerprint density at radius 3 is 2.91 bits per heavy atom. The highest BCUT2D eigenvalue weighted by Crippen LogP contribution is 2.17. The van der Waals surface area contributed by atoms with Gasteiger partial charge in [0.15, 0.2) is 11.2 Å². The van der Waals surface area contributed by atoms with Crippen LogP contribution in [0.5, 0.6) is 0 Å². The monoisotopic (exact) mass is 319 g/mol. The van der Waals surface area contributed by atoms with Crippen LogP contribution in [0.3, 0.4) is 0 Å². The maximum absolute atomic E-state index is 12.1. The summed E-state index contributed by atoms with van der Waals surface area (Å²) in [6.45, 7) is 2.14. The Hall–Kier alpha value is -2.81. The summed E-state index contributed by atoms with van der Waals surface area (Å²) in [5.41, 5.74) is -0.597. The summed E-state index contributed by atoms with van der Waals surface area (Å²) in [5, 5.41) is 12.8. The lowest BCUT2D eigenvalue weighted by Gasteiger charge is -2.11. The van der Waals surface area contributed by atoms with E-state index in [0.717, 1.165) is 0 Å². The molecule has 0 aromatic carbocycles. The predicted octanol–water partition coefficient (Wildman–Crippen LogP) is 0.00920. The molecule has 122 valence electrons. The van der Waals surface area contributed by atoms with E-state index < -0.39 is 17.4 Å². The molecule has 0 aliphatic heterocycles. The quantitative estimate of drug-likeness (QED) is 0.609. The molecule has 3 aromatic heterocycles. The largest absolute Gasteiger partial charge is 0.467 e. The summed E-state index contributed by atoms with van der Waals surface area (Å²) >= 11 is 0. The van der Waals surface area contributed by atoms with E-state index in [1.165, 1.54) is 11.6 Å². The van der Waals surface area contributed by atoms with Gasteiger partial charge in [0.1, 0.15) is 5.76 Å². The number of aromatic amines is 1. The second-order valence-electron chi connectivity index (χ2n) is 5.32. The van der Waals surface area contributed by atoms with Gasteiger partial charge in [0.05, 0.1) is 25.5 Å². The fourth-order valence-corrected chi connectivity index (χ4v) is 2.39. The van der Waals surface area contributed by atoms with E-state index in [4.69, 9.17) is 4.42 Å². The molecule has 0 spiro atoms. The fraction of sp³-hybridized carbons (Fsp3) is 0.357. The van der Waals surface area contributed by atoms with Crippen molar-refractivity contribution in [1.82, 2.24) is 19.1 Å². The SMILES string of the molecule is C[C@@H](O)Cn1c(NCc2ccco2)nc2c1c(=O)[nH]c(=O)n2C. The van der Waals surface area contributed by atoms with Gasteiger partial charge in [0.25, 0.3) is 5.56 Å². The van der Waals surface area contributed by atoms with Crippen LogP contribution in [-0.4, -0.2) is 30.3 Å². The summed E-state index contributed by atoms with van der Waals surface area (Å²) in [4.78, 5) is 30.4. The highest BCUT2D eigenvalue weighted by Gasteiger charge is 2.18. The Balaban J connectivity index is 2.11. The highest BCUT2D eigenvalue weighted by atomic mass is 16.3. The molecule has 3 N–H and O–H groups in total. The maximum atomic E-state index is 12.1. The van der Waals surface area contributed by atoms with Gasteiger partial charge in [-0.1, -0.05) is 0 Å². The second-order valence-corrected chi connectivity index (χ2v) is 5.32. The average Bonchev–Trinajstić information content (AvgIpc) is 3.10. The number of nitrogens with one attached hydrogen (secondary N) is 2. The van der Waals surface area contributed by atoms with Crippen LogP contribution in [0.1, 0.15) is 12.7 Å². The molecule has 0 saturated heterocycles. The summed E-state index contributed by atoms with van der Waals surface area (Å²) in [6, 6.07) is 3.57. The van der Waals surface area contributed by atoms with Gasteiger partial charge in [-0.25, -0.2) is 4.79 Å². The number of aryl methyl sites for hydroxylation is 1. The molecule has 3 rings (SSSR count). The van der Waals surface area contributed by atoms with Crippen LogP contribution in [0, 0.1) is 0 Å². The first-order valence-electron chi connectivity index (χ1n) is 7.11. The number of furan rings is 1. The van der Waals surface area contributed by atoms with E-state index in [1.54, 1.807) is 29.9 Å². The number of anilines is 1. The molecule has 9 nitrogen and oxygen atoms in total. The molecule has 23 heavy (non-hydrogen) atoms. The lowest BCUT2D eigenvalue weighted by molar-refractivity contribution is 0.175. The molecule has 1 atom stereocenters. The molecule has 0 aliphatic rings. The van der Waals surface area contributed by atoms with Crippen LogP contribution < -0.4 is 16.6 Å². The van der Waals surface area contributed by atoms with Crippen LogP contribution in [0.15, 0.2) is 32.4 Å². The van der Waals surface area contributed by atoms with Crippen LogP contribution in [0.2, 0.25) is 0 Å². The van der Waals surface area contributed by atoms with Crippen molar-refractivity contribution in [3.05, 3.63) is 45.0 Å². The number of aromatic nitrogens is 4. The third-order valence-corrected chi connectivity index (χ3v) is 3.45. The molecule has 0 bridgehead atoms. The topological polar surface area (TPSA) is 118 Å². The molecule has 0 unspecified atom stereocenters. The fourth-order valence-electron chi connectivity index (χ4n) is 2.39. The minimum Gasteiger partial charge on any atom is -0.467 e. The normalized spacial score (nSPS) is 12.7. The van der Waals surface area contributed by atoms with Crippen molar-refractivity contribution in [3.8, 4) is 0 Å². The van der Waals surface area contributed by atoms with E-state index in [9.17, 15) is 14.7 Å². The Bertz CT molecular complexity index is 933. The number of nitrogens with zero attached hydrogens (tertiary/aromatic N) is 3. The first kappa shape index (κ1) is 15.1. The van der Waals surface area contributed by atoms with Crippen LogP contribution in [-0.2, 0) is 20.1 Å². The number of H-pyrrole nitrogens is 1. The van der Waals surface area contributed by atoms with Crippen molar-refractivity contribution in [2.45, 2.75) is 26.1 Å². The molecule has 0 fully saturated rings.